The van der Waals surface area contributed by atoms with Gasteiger partial charge in [-0.25, -0.2) is 8.78 Å². The first-order valence-electron chi connectivity index (χ1n) is 7.86. The molecule has 0 aliphatic heterocycles. The molecule has 1 aromatic heterocycles. The Morgan fingerprint density at radius 1 is 1.07 bits per heavy atom. The topological polar surface area (TPSA) is 60.7 Å². The van der Waals surface area contributed by atoms with Crippen LogP contribution in [0.2, 0.25) is 0 Å². The third kappa shape index (κ3) is 6.57. The van der Waals surface area contributed by atoms with Gasteiger partial charge in [-0.3, -0.25) is 4.79 Å². The number of carbonyl (C=O) groups excluding carboxylic acids is 1. The number of alkyl halides is 7. The van der Waals surface area contributed by atoms with E-state index in [4.69, 9.17) is 4.42 Å². The lowest BCUT2D eigenvalue weighted by molar-refractivity contribution is -0.153. The average Bonchev–Trinajstić information content (AvgIpc) is 3.03. The van der Waals surface area contributed by atoms with E-state index >= 15 is 0 Å². The van der Waals surface area contributed by atoms with Crippen LogP contribution >= 0.6 is 0 Å². The molecule has 29 heavy (non-hydrogen) atoms. The fourth-order valence-electron chi connectivity index (χ4n) is 2.04. The fourth-order valence-corrected chi connectivity index (χ4v) is 2.04. The highest BCUT2D eigenvalue weighted by atomic mass is 19.4. The molecule has 1 aromatic carbocycles. The van der Waals surface area contributed by atoms with Gasteiger partial charge in [0.05, 0.1) is 11.8 Å². The van der Waals surface area contributed by atoms with Gasteiger partial charge in [-0.05, 0) is 13.0 Å². The van der Waals surface area contributed by atoms with Crippen molar-refractivity contribution < 1.29 is 49.4 Å². The first kappa shape index (κ1) is 22.4. The zero-order valence-corrected chi connectivity index (χ0v) is 14.7. The lowest BCUT2D eigenvalue weighted by Gasteiger charge is -2.17. The van der Waals surface area contributed by atoms with E-state index < -0.39 is 49.1 Å². The number of ether oxygens (including phenoxy) is 2. The molecule has 0 spiro atoms. The highest BCUT2D eigenvalue weighted by molar-refractivity contribution is 6.05. The first-order chi connectivity index (χ1) is 13.4. The number of carbonyl (C=O) groups is 1. The molecule has 2 aromatic rings. The minimum atomic E-state index is -4.70. The summed E-state index contributed by atoms with van der Waals surface area (Å²) in [7, 11) is 0. The van der Waals surface area contributed by atoms with Crippen molar-refractivity contribution in [2.45, 2.75) is 25.4 Å². The number of nitrogens with one attached hydrogen (secondary N) is 1. The van der Waals surface area contributed by atoms with E-state index in [0.29, 0.717) is 0 Å². The summed E-state index contributed by atoms with van der Waals surface area (Å²) in [6, 6.07) is 4.08. The molecular formula is C17H14F7NO4. The van der Waals surface area contributed by atoms with Crippen molar-refractivity contribution in [1.29, 1.82) is 0 Å². The zero-order valence-electron chi connectivity index (χ0n) is 14.7. The molecule has 2 rings (SSSR count). The minimum absolute atomic E-state index is 0.110. The number of rotatable bonds is 8. The van der Waals surface area contributed by atoms with Crippen molar-refractivity contribution in [3.05, 3.63) is 41.9 Å². The monoisotopic (exact) mass is 429 g/mol. The summed E-state index contributed by atoms with van der Waals surface area (Å²) in [5, 5.41) is 2.31. The molecule has 0 fully saturated rings. The van der Waals surface area contributed by atoms with Gasteiger partial charge in [0.25, 0.3) is 5.91 Å². The standard InChI is InChI=1S/C17H14F7NO4/c1-9-13(2-3-27-9)14(26)25-10-4-11(28-7-16(20,21)15(18)19)6-12(5-10)29-8-17(22,23)24/h2-6,15H,7-8H2,1H3,(H,25,26). The van der Waals surface area contributed by atoms with Gasteiger partial charge in [0.15, 0.2) is 13.2 Å². The second kappa shape index (κ2) is 8.62. The fraction of sp³-hybridized carbons (Fsp3) is 0.353. The molecule has 1 heterocycles. The summed E-state index contributed by atoms with van der Waals surface area (Å²) in [5.74, 6) is -5.95. The van der Waals surface area contributed by atoms with Gasteiger partial charge in [-0.15, -0.1) is 0 Å². The molecule has 0 aliphatic rings. The van der Waals surface area contributed by atoms with Gasteiger partial charge in [0.2, 0.25) is 0 Å². The van der Waals surface area contributed by atoms with E-state index in [1.807, 2.05) is 0 Å². The van der Waals surface area contributed by atoms with E-state index in [9.17, 15) is 35.5 Å². The zero-order chi connectivity index (χ0) is 21.8. The minimum Gasteiger partial charge on any atom is -0.487 e. The Hall–Kier alpha value is -2.92. The summed E-state index contributed by atoms with van der Waals surface area (Å²) in [4.78, 5) is 12.2. The second-order valence-corrected chi connectivity index (χ2v) is 5.79. The van der Waals surface area contributed by atoms with Crippen LogP contribution in [-0.4, -0.2) is 37.6 Å². The van der Waals surface area contributed by atoms with Crippen molar-refractivity contribution >= 4 is 11.6 Å². The van der Waals surface area contributed by atoms with Gasteiger partial charge in [-0.2, -0.15) is 22.0 Å². The predicted molar refractivity (Wildman–Crippen MR) is 85.8 cm³/mol. The van der Waals surface area contributed by atoms with Crippen molar-refractivity contribution in [3.8, 4) is 11.5 Å². The second-order valence-electron chi connectivity index (χ2n) is 5.79. The Kier molecular flexibility index (Phi) is 6.65. The third-order valence-corrected chi connectivity index (χ3v) is 3.39. The van der Waals surface area contributed by atoms with Gasteiger partial charge in [0, 0.05) is 23.9 Å². The average molecular weight is 429 g/mol. The molecule has 1 N–H and O–H groups in total. The molecule has 0 aliphatic carbocycles. The number of hydrogen-bond donors (Lipinski definition) is 1. The van der Waals surface area contributed by atoms with Crippen LogP contribution in [0, 0.1) is 6.92 Å². The molecule has 0 bridgehead atoms. The summed E-state index contributed by atoms with van der Waals surface area (Å²) < 4.78 is 102. The molecule has 0 unspecified atom stereocenters. The number of hydrogen-bond acceptors (Lipinski definition) is 4. The van der Waals surface area contributed by atoms with E-state index in [0.717, 1.165) is 18.2 Å². The van der Waals surface area contributed by atoms with Crippen molar-refractivity contribution in [2.24, 2.45) is 0 Å². The van der Waals surface area contributed by atoms with E-state index in [-0.39, 0.29) is 17.0 Å². The maximum atomic E-state index is 13.0. The van der Waals surface area contributed by atoms with Crippen LogP contribution in [0.5, 0.6) is 11.5 Å². The molecule has 0 saturated carbocycles. The normalized spacial score (nSPS) is 12.2. The predicted octanol–water partition coefficient (Wildman–Crippen LogP) is 5.06. The molecule has 0 atom stereocenters. The Morgan fingerprint density at radius 2 is 1.66 bits per heavy atom. The molecule has 1 amide bonds. The van der Waals surface area contributed by atoms with Crippen LogP contribution in [0.4, 0.5) is 36.4 Å². The van der Waals surface area contributed by atoms with Gasteiger partial charge < -0.3 is 19.2 Å². The van der Waals surface area contributed by atoms with Crippen LogP contribution in [0.3, 0.4) is 0 Å². The number of aryl methyl sites for hydroxylation is 1. The molecule has 0 radical (unpaired) electrons. The van der Waals surface area contributed by atoms with Crippen molar-refractivity contribution in [1.82, 2.24) is 0 Å². The highest BCUT2D eigenvalue weighted by Crippen LogP contribution is 2.30. The maximum Gasteiger partial charge on any atom is 0.422 e. The summed E-state index contributed by atoms with van der Waals surface area (Å²) in [5.41, 5.74) is -0.0658. The summed E-state index contributed by atoms with van der Waals surface area (Å²) >= 11 is 0. The van der Waals surface area contributed by atoms with E-state index in [1.54, 1.807) is 0 Å². The Balaban J connectivity index is 2.24. The summed E-state index contributed by atoms with van der Waals surface area (Å²) in [6.07, 6.45) is -7.47. The van der Waals surface area contributed by atoms with Gasteiger partial charge in [0.1, 0.15) is 17.3 Å². The van der Waals surface area contributed by atoms with Gasteiger partial charge >= 0.3 is 18.5 Å². The van der Waals surface area contributed by atoms with Crippen LogP contribution in [-0.2, 0) is 0 Å². The van der Waals surface area contributed by atoms with Crippen molar-refractivity contribution in [2.75, 3.05) is 18.5 Å². The first-order valence-corrected chi connectivity index (χ1v) is 7.86. The molecule has 5 nitrogen and oxygen atoms in total. The molecule has 0 saturated heterocycles. The molecule has 160 valence electrons. The van der Waals surface area contributed by atoms with Crippen LogP contribution in [0.25, 0.3) is 0 Å². The Labute approximate surface area is 159 Å². The van der Waals surface area contributed by atoms with Crippen LogP contribution < -0.4 is 14.8 Å². The van der Waals surface area contributed by atoms with Crippen LogP contribution in [0.15, 0.2) is 34.9 Å². The maximum absolute atomic E-state index is 13.0. The van der Waals surface area contributed by atoms with Crippen molar-refractivity contribution in [3.63, 3.8) is 0 Å². The number of furan rings is 1. The number of benzene rings is 1. The Bertz CT molecular complexity index is 849. The lowest BCUT2D eigenvalue weighted by Crippen LogP contribution is -2.33. The number of amides is 1. The van der Waals surface area contributed by atoms with Crippen LogP contribution in [0.1, 0.15) is 16.1 Å². The van der Waals surface area contributed by atoms with Gasteiger partial charge in [-0.1, -0.05) is 0 Å². The molecule has 12 heteroatoms. The lowest BCUT2D eigenvalue weighted by atomic mass is 10.2. The molecular weight excluding hydrogens is 415 g/mol. The Morgan fingerprint density at radius 3 is 2.14 bits per heavy atom. The third-order valence-electron chi connectivity index (χ3n) is 3.39. The summed E-state index contributed by atoms with van der Waals surface area (Å²) in [6.45, 7) is -1.96. The highest BCUT2D eigenvalue weighted by Gasteiger charge is 2.41. The quantitative estimate of drug-likeness (QED) is 0.596. The van der Waals surface area contributed by atoms with E-state index in [1.165, 1.54) is 19.3 Å². The largest absolute Gasteiger partial charge is 0.487 e. The SMILES string of the molecule is Cc1occc1C(=O)Nc1cc(OCC(F)(F)F)cc(OCC(F)(F)C(F)F)c1. The number of anilines is 1. The smallest absolute Gasteiger partial charge is 0.422 e. The number of halogens is 7. The van der Waals surface area contributed by atoms with E-state index in [2.05, 4.69) is 14.8 Å².